The lowest BCUT2D eigenvalue weighted by atomic mass is 10.1. The van der Waals surface area contributed by atoms with Crippen molar-refractivity contribution in [3.63, 3.8) is 0 Å². The molecule has 2 aromatic heterocycles. The van der Waals surface area contributed by atoms with E-state index in [0.717, 1.165) is 23.0 Å². The van der Waals surface area contributed by atoms with E-state index in [0.29, 0.717) is 22.9 Å². The average Bonchev–Trinajstić information content (AvgIpc) is 3.43. The van der Waals surface area contributed by atoms with Crippen molar-refractivity contribution in [3.8, 4) is 5.75 Å². The number of carbonyl (C=O) groups excluding carboxylic acids is 1. The predicted molar refractivity (Wildman–Crippen MR) is 119 cm³/mol. The van der Waals surface area contributed by atoms with Crippen LogP contribution in [0.4, 0.5) is 8.78 Å². The third-order valence-corrected chi connectivity index (χ3v) is 7.11. The minimum atomic E-state index is -1.04. The van der Waals surface area contributed by atoms with Gasteiger partial charge >= 0.3 is 0 Å². The van der Waals surface area contributed by atoms with E-state index in [4.69, 9.17) is 28.1 Å². The van der Waals surface area contributed by atoms with Crippen molar-refractivity contribution in [1.82, 2.24) is 23.9 Å². The van der Waals surface area contributed by atoms with Gasteiger partial charge in [-0.25, -0.2) is 22.7 Å². The smallest absolute Gasteiger partial charge is 0.258 e. The fraction of sp³-hybridized carbons (Fsp3) is 0.409. The molecule has 2 aliphatic rings. The zero-order valence-corrected chi connectivity index (χ0v) is 19.5. The average molecular weight is 496 g/mol. The van der Waals surface area contributed by atoms with Crippen LogP contribution in [-0.4, -0.2) is 55.2 Å². The summed E-state index contributed by atoms with van der Waals surface area (Å²) in [6, 6.07) is 3.41. The van der Waals surface area contributed by atoms with Crippen LogP contribution in [0.3, 0.4) is 0 Å². The van der Waals surface area contributed by atoms with E-state index in [-0.39, 0.29) is 49.4 Å². The first-order valence-electron chi connectivity index (χ1n) is 10.5. The first-order valence-corrected chi connectivity index (χ1v) is 11.3. The fourth-order valence-corrected chi connectivity index (χ4v) is 4.78. The zero-order chi connectivity index (χ0) is 23.4. The molecule has 1 saturated heterocycles. The van der Waals surface area contributed by atoms with E-state index in [1.807, 2.05) is 13.8 Å². The number of fused-ring (bicyclic) bond motifs is 3. The largest absolute Gasteiger partial charge is 0.491 e. The number of aryl methyl sites for hydroxylation is 2. The van der Waals surface area contributed by atoms with Crippen LogP contribution < -0.4 is 4.74 Å². The molecular weight excluding hydrogens is 475 g/mol. The standard InChI is InChI=1S/C22H21Cl2F2N5O2/c1-11-20(23)12(2)31-21(27-11)17-8-29(9-18(17)28-31)22(32)16-4-3-13(25)6-19(16)33-10-15-5-14(26)7-30(15)24/h3-4,6,14-15H,5,7-10H2,1-2H3/t14-,15+/m0/s1. The summed E-state index contributed by atoms with van der Waals surface area (Å²) in [6.45, 7) is 4.44. The molecule has 0 saturated carbocycles. The zero-order valence-electron chi connectivity index (χ0n) is 18.0. The molecule has 1 fully saturated rings. The third kappa shape index (κ3) is 3.92. The molecule has 0 aliphatic carbocycles. The predicted octanol–water partition coefficient (Wildman–Crippen LogP) is 4.24. The van der Waals surface area contributed by atoms with Crippen molar-refractivity contribution in [2.75, 3.05) is 13.2 Å². The Labute approximate surface area is 198 Å². The molecule has 33 heavy (non-hydrogen) atoms. The Balaban J connectivity index is 1.38. The monoisotopic (exact) mass is 495 g/mol. The highest BCUT2D eigenvalue weighted by molar-refractivity contribution is 6.31. The third-order valence-electron chi connectivity index (χ3n) is 6.14. The summed E-state index contributed by atoms with van der Waals surface area (Å²) < 4.78 is 36.3. The molecule has 1 amide bonds. The summed E-state index contributed by atoms with van der Waals surface area (Å²) >= 11 is 12.3. The topological polar surface area (TPSA) is 63.0 Å². The van der Waals surface area contributed by atoms with Crippen LogP contribution in [0.5, 0.6) is 5.75 Å². The van der Waals surface area contributed by atoms with E-state index in [1.165, 1.54) is 16.6 Å². The summed E-state index contributed by atoms with van der Waals surface area (Å²) in [7, 11) is 0. The first kappa shape index (κ1) is 22.3. The number of nitrogens with zero attached hydrogens (tertiary/aromatic N) is 5. The number of carbonyl (C=O) groups is 1. The second kappa shape index (κ2) is 8.38. The van der Waals surface area contributed by atoms with Gasteiger partial charge in [0, 0.05) is 18.2 Å². The number of halogens is 4. The van der Waals surface area contributed by atoms with Crippen molar-refractivity contribution in [2.24, 2.45) is 0 Å². The van der Waals surface area contributed by atoms with E-state index in [2.05, 4.69) is 10.1 Å². The Kier molecular flexibility index (Phi) is 5.66. The van der Waals surface area contributed by atoms with Crippen LogP contribution in [0, 0.1) is 19.7 Å². The van der Waals surface area contributed by atoms with Gasteiger partial charge in [0.05, 0.1) is 46.8 Å². The van der Waals surface area contributed by atoms with Crippen molar-refractivity contribution in [2.45, 2.75) is 45.6 Å². The second-order valence-corrected chi connectivity index (χ2v) is 9.25. The van der Waals surface area contributed by atoms with E-state index >= 15 is 0 Å². The number of hydrogen-bond donors (Lipinski definition) is 0. The Hall–Kier alpha value is -2.49. The van der Waals surface area contributed by atoms with Gasteiger partial charge in [0.1, 0.15) is 24.3 Å². The van der Waals surface area contributed by atoms with Crippen molar-refractivity contribution in [1.29, 1.82) is 0 Å². The molecule has 3 aromatic rings. The maximum Gasteiger partial charge on any atom is 0.258 e. The maximum atomic E-state index is 13.9. The van der Waals surface area contributed by atoms with Crippen molar-refractivity contribution >= 4 is 34.9 Å². The maximum absolute atomic E-state index is 13.9. The SMILES string of the molecule is Cc1nc2c3c(nn2c(C)c1Cl)CN(C(=O)c1ccc(F)cc1OC[C@H]1C[C@H](F)CN1Cl)C3. The van der Waals surface area contributed by atoms with Crippen LogP contribution in [0.2, 0.25) is 5.02 Å². The Morgan fingerprint density at radius 1 is 1.30 bits per heavy atom. The van der Waals surface area contributed by atoms with Crippen LogP contribution in [-0.2, 0) is 13.1 Å². The highest BCUT2D eigenvalue weighted by Gasteiger charge is 2.34. The van der Waals surface area contributed by atoms with Gasteiger partial charge in [-0.3, -0.25) is 4.79 Å². The highest BCUT2D eigenvalue weighted by Crippen LogP contribution is 2.32. The molecule has 0 unspecified atom stereocenters. The molecule has 2 aliphatic heterocycles. The summed E-state index contributed by atoms with van der Waals surface area (Å²) in [5.74, 6) is -0.753. The molecular formula is C22H21Cl2F2N5O2. The molecule has 0 spiro atoms. The molecule has 174 valence electrons. The normalized spacial score (nSPS) is 20.6. The second-order valence-electron chi connectivity index (χ2n) is 8.44. The summed E-state index contributed by atoms with van der Waals surface area (Å²) in [6.07, 6.45) is -0.817. The summed E-state index contributed by atoms with van der Waals surface area (Å²) in [5, 5.41) is 5.15. The van der Waals surface area contributed by atoms with Gasteiger partial charge in [-0.05, 0) is 44.2 Å². The van der Waals surface area contributed by atoms with E-state index in [1.54, 1.807) is 9.42 Å². The Morgan fingerprint density at radius 2 is 2.09 bits per heavy atom. The number of amides is 1. The number of hydrogen-bond acceptors (Lipinski definition) is 5. The van der Waals surface area contributed by atoms with Crippen LogP contribution in [0.15, 0.2) is 18.2 Å². The lowest BCUT2D eigenvalue weighted by Gasteiger charge is -2.21. The number of rotatable bonds is 4. The van der Waals surface area contributed by atoms with Crippen LogP contribution in [0.1, 0.15) is 39.4 Å². The molecule has 0 N–H and O–H groups in total. The van der Waals surface area contributed by atoms with Crippen LogP contribution >= 0.6 is 23.4 Å². The van der Waals surface area contributed by atoms with Gasteiger partial charge in [0.15, 0.2) is 5.65 Å². The number of alkyl halides is 1. The van der Waals surface area contributed by atoms with Gasteiger partial charge in [-0.1, -0.05) is 11.6 Å². The molecule has 1 aromatic carbocycles. The fourth-order valence-electron chi connectivity index (χ4n) is 4.38. The molecule has 5 rings (SSSR count). The quantitative estimate of drug-likeness (QED) is 0.506. The Bertz CT molecular complexity index is 1270. The first-order chi connectivity index (χ1) is 15.7. The minimum absolute atomic E-state index is 0.0466. The molecule has 0 bridgehead atoms. The molecule has 4 heterocycles. The van der Waals surface area contributed by atoms with E-state index < -0.39 is 12.0 Å². The van der Waals surface area contributed by atoms with Gasteiger partial charge in [-0.15, -0.1) is 0 Å². The molecule has 2 atom stereocenters. The summed E-state index contributed by atoms with van der Waals surface area (Å²) in [5.41, 5.74) is 3.96. The van der Waals surface area contributed by atoms with Crippen molar-refractivity contribution in [3.05, 3.63) is 57.2 Å². The van der Waals surface area contributed by atoms with Crippen LogP contribution in [0.25, 0.3) is 5.65 Å². The van der Waals surface area contributed by atoms with Gasteiger partial charge < -0.3 is 9.64 Å². The molecule has 11 heteroatoms. The van der Waals surface area contributed by atoms with Gasteiger partial charge in [-0.2, -0.15) is 5.10 Å². The lowest BCUT2D eigenvalue weighted by Crippen LogP contribution is -2.29. The van der Waals surface area contributed by atoms with Crippen molar-refractivity contribution < 1.29 is 18.3 Å². The number of aromatic nitrogens is 3. The molecule has 0 radical (unpaired) electrons. The number of ether oxygens (including phenoxy) is 1. The lowest BCUT2D eigenvalue weighted by molar-refractivity contribution is 0.0744. The summed E-state index contributed by atoms with van der Waals surface area (Å²) in [4.78, 5) is 19.5. The Morgan fingerprint density at radius 3 is 2.82 bits per heavy atom. The van der Waals surface area contributed by atoms with Gasteiger partial charge in [0.2, 0.25) is 0 Å². The minimum Gasteiger partial charge on any atom is -0.491 e. The number of benzene rings is 1. The highest BCUT2D eigenvalue weighted by atomic mass is 35.5. The van der Waals surface area contributed by atoms with Gasteiger partial charge in [0.25, 0.3) is 5.91 Å². The van der Waals surface area contributed by atoms with E-state index in [9.17, 15) is 13.6 Å². The molecule has 7 nitrogen and oxygen atoms in total.